The van der Waals surface area contributed by atoms with Crippen molar-refractivity contribution in [1.29, 1.82) is 0 Å². The molecule has 0 bridgehead atoms. The van der Waals surface area contributed by atoms with Gasteiger partial charge in [-0.15, -0.1) is 0 Å². The van der Waals surface area contributed by atoms with Gasteiger partial charge in [0.25, 0.3) is 0 Å². The molecule has 0 saturated carbocycles. The van der Waals surface area contributed by atoms with Crippen LogP contribution < -0.4 is 42.3 Å². The molecule has 0 radical (unpaired) electrons. The number of aromatic nitrogens is 23. The van der Waals surface area contributed by atoms with Crippen LogP contribution in [0.1, 0.15) is 27.7 Å². The van der Waals surface area contributed by atoms with Crippen LogP contribution in [-0.2, 0) is 32.2 Å². The normalized spacial score (nSPS) is 13.0. The summed E-state index contributed by atoms with van der Waals surface area (Å²) in [5.41, 5.74) is 24.2. The molecule has 14 rings (SSSR count). The molecule has 1 aliphatic heterocycles. The van der Waals surface area contributed by atoms with E-state index < -0.39 is 16.1 Å². The first-order valence-corrected chi connectivity index (χ1v) is 43.7. The standard InChI is InChI=1S/C18H27N7OSi.C13H22BrN5OSi.C12H13N7.C11H17BN2O2.C7H8BrN5.C5H2BrClN4/c1-24(2)17-15-16(13-6-7-20-14(19)10-13)23-25(18(15)22-11-21-17)12-26-8-9-27(3,4)5;1-18(2)12-10-11(14)17-19(13(10)16-8-15-12)9-20-6-7-21(3,4)5;1-19(2)12-9-10(7-3-4-14-8(13)5-7)17-18-11(9)15-6-16-12;1-10(2)11(3,4)16-12(15-10)8-5-6-9(13)14-7-8;1-13(2)7-4-5(8)11-12-6(4)9-3-10-7;6-3-2-4(7)8-1-9-5(2)11-10-3/h6-7,10-11H,8-9,12H2,1-5H3,(H2,19,20);8H,6-7,9H2,1-5H3;3-6H,1-2H3,(H2,13,14)(H,15,16,17,18);5-7H,1-4H3,(H2,13,14);3H,1-2H3,(H,9,10,11,12);1H,(H,8,9,10,11). The molecule has 14 heterocycles. The molecule has 1 fully saturated rings. The van der Waals surface area contributed by atoms with E-state index in [-0.39, 0.29) is 18.3 Å². The van der Waals surface area contributed by atoms with Crippen molar-refractivity contribution < 1.29 is 18.8 Å². The SMILES string of the molecule is CC1(C)OB(c2ccc(N)nc2)OC1(C)C.CN(C)c1ncnc2c1c(-c1ccnc(N)c1)nn2COCC[Si](C)(C)C.CN(C)c1ncnc2c1c(Br)nn2COCC[Si](C)(C)C.CN(C)c1ncnc2n[nH]c(-c3ccnc(N)c3)c12.CN(C)c1ncnc2n[nH]c(Br)c12.Clc1ncnc2n[nH]c(Br)c12. The molecule has 1 saturated heterocycles. The highest BCUT2D eigenvalue weighted by Crippen LogP contribution is 2.38. The van der Waals surface area contributed by atoms with Crippen LogP contribution in [0.15, 0.2) is 100 Å². The Hall–Kier alpha value is -9.13. The van der Waals surface area contributed by atoms with Crippen LogP contribution in [0.4, 0.5) is 40.7 Å². The van der Waals surface area contributed by atoms with Gasteiger partial charge in [0, 0.05) is 121 Å². The zero-order valence-corrected chi connectivity index (χ0v) is 70.5. The molecule has 9 N–H and O–H groups in total. The van der Waals surface area contributed by atoms with Gasteiger partial charge in [0.1, 0.15) is 110 Å². The molecule has 107 heavy (non-hydrogen) atoms. The summed E-state index contributed by atoms with van der Waals surface area (Å²) in [4.78, 5) is 61.8. The third-order valence-corrected chi connectivity index (χ3v) is 21.8. The fourth-order valence-electron chi connectivity index (χ4n) is 10.1. The van der Waals surface area contributed by atoms with E-state index in [4.69, 9.17) is 52.7 Å². The highest BCUT2D eigenvalue weighted by atomic mass is 79.9. The van der Waals surface area contributed by atoms with E-state index >= 15 is 0 Å². The van der Waals surface area contributed by atoms with Crippen molar-refractivity contribution in [1.82, 2.24) is 115 Å². The Morgan fingerprint density at radius 3 is 1.42 bits per heavy atom. The van der Waals surface area contributed by atoms with Crippen molar-refractivity contribution >= 4 is 184 Å². The number of ether oxygens (including phenoxy) is 2. The maximum Gasteiger partial charge on any atom is 0.496 e. The summed E-state index contributed by atoms with van der Waals surface area (Å²) < 4.78 is 29.3. The molecule has 0 amide bonds. The maximum atomic E-state index is 5.90. The monoisotopic (exact) mass is 1700 g/mol. The quantitative estimate of drug-likeness (QED) is 0.0280. The summed E-state index contributed by atoms with van der Waals surface area (Å²) in [7, 11) is 13.0. The molecule has 0 aromatic carbocycles. The predicted molar refractivity (Wildman–Crippen MR) is 439 cm³/mol. The molecule has 13 aromatic heterocycles. The predicted octanol–water partition coefficient (Wildman–Crippen LogP) is 10.8. The summed E-state index contributed by atoms with van der Waals surface area (Å²) in [6, 6.07) is 13.2. The van der Waals surface area contributed by atoms with Crippen molar-refractivity contribution in [3.63, 3.8) is 0 Å². The van der Waals surface area contributed by atoms with Gasteiger partial charge >= 0.3 is 7.12 Å². The number of anilines is 7. The topological polar surface area (TPSA) is 417 Å². The van der Waals surface area contributed by atoms with Crippen LogP contribution in [0.3, 0.4) is 0 Å². The number of H-pyrrole nitrogens is 3. The first kappa shape index (κ1) is 81.9. The summed E-state index contributed by atoms with van der Waals surface area (Å²) in [5, 5.41) is 34.5. The van der Waals surface area contributed by atoms with Crippen LogP contribution >= 0.6 is 59.4 Å². The number of rotatable bonds is 17. The summed E-state index contributed by atoms with van der Waals surface area (Å²) in [6.07, 6.45) is 12.5. The van der Waals surface area contributed by atoms with Gasteiger partial charge in [0.15, 0.2) is 28.2 Å². The molecule has 566 valence electrons. The fourth-order valence-corrected chi connectivity index (χ4v) is 13.4. The molecule has 1 aliphatic rings. The van der Waals surface area contributed by atoms with Gasteiger partial charge < -0.3 is 55.6 Å². The van der Waals surface area contributed by atoms with E-state index in [1.165, 1.54) is 19.0 Å². The maximum absolute atomic E-state index is 5.90. The Labute approximate surface area is 651 Å². The summed E-state index contributed by atoms with van der Waals surface area (Å²) in [5.74, 6) is 4.72. The van der Waals surface area contributed by atoms with Gasteiger partial charge in [0.2, 0.25) is 0 Å². The number of nitrogen functional groups attached to an aromatic ring is 3. The Kier molecular flexibility index (Phi) is 27.0. The van der Waals surface area contributed by atoms with Gasteiger partial charge in [-0.3, -0.25) is 15.3 Å². The average Bonchev–Trinajstić information content (AvgIpc) is 1.64. The van der Waals surface area contributed by atoms with Gasteiger partial charge in [0.05, 0.1) is 43.8 Å². The van der Waals surface area contributed by atoms with E-state index in [9.17, 15) is 0 Å². The van der Waals surface area contributed by atoms with E-state index in [1.54, 1.807) is 52.7 Å². The number of nitrogens with two attached hydrogens (primary N) is 3. The van der Waals surface area contributed by atoms with E-state index in [0.717, 1.165) is 119 Å². The number of hydrogen-bond acceptors (Lipinski definition) is 29. The zero-order chi connectivity index (χ0) is 77.9. The van der Waals surface area contributed by atoms with E-state index in [0.29, 0.717) is 63.0 Å². The Morgan fingerprint density at radius 1 is 0.495 bits per heavy atom. The van der Waals surface area contributed by atoms with Crippen molar-refractivity contribution in [3.05, 3.63) is 106 Å². The molecule has 13 aromatic rings. The Balaban J connectivity index is 0.000000152. The second-order valence-corrected chi connectivity index (χ2v) is 42.5. The molecule has 0 unspecified atom stereocenters. The number of hydrogen-bond donors (Lipinski definition) is 6. The van der Waals surface area contributed by atoms with Crippen LogP contribution in [0.2, 0.25) is 56.5 Å². The second-order valence-electron chi connectivity index (χ2n) is 28.6. The smallest absolute Gasteiger partial charge is 0.399 e. The number of nitrogens with zero attached hydrogens (tertiary/aromatic N) is 24. The Bertz CT molecular complexity index is 5110. The molecular weight excluding hydrogens is 1620 g/mol. The zero-order valence-electron chi connectivity index (χ0n) is 63.0. The lowest BCUT2D eigenvalue weighted by molar-refractivity contribution is 0.00578. The first-order valence-electron chi connectivity index (χ1n) is 33.5. The third kappa shape index (κ3) is 20.8. The van der Waals surface area contributed by atoms with Gasteiger partial charge in [-0.05, 0) is 118 Å². The van der Waals surface area contributed by atoms with Crippen molar-refractivity contribution in [2.24, 2.45) is 0 Å². The van der Waals surface area contributed by atoms with Crippen molar-refractivity contribution in [2.75, 3.05) is 106 Å². The lowest BCUT2D eigenvalue weighted by atomic mass is 9.80. The van der Waals surface area contributed by atoms with E-state index in [1.807, 2.05) is 128 Å². The molecule has 0 spiro atoms. The lowest BCUT2D eigenvalue weighted by Gasteiger charge is -2.32. The van der Waals surface area contributed by atoms with Gasteiger partial charge in [-0.2, -0.15) is 25.5 Å². The minimum absolute atomic E-state index is 0.320. The fraction of sp³-hybridized carbons (Fsp3) is 0.394. The minimum atomic E-state index is -1.13. The molecule has 34 nitrogen and oxygen atoms in total. The molecular formula is C66H89BBr3ClN30O4Si2. The summed E-state index contributed by atoms with van der Waals surface area (Å²) in [6.45, 7) is 24.4. The second kappa shape index (κ2) is 35.3. The van der Waals surface area contributed by atoms with Crippen molar-refractivity contribution in [2.45, 2.75) is 104 Å². The highest BCUT2D eigenvalue weighted by molar-refractivity contribution is 9.11. The first-order chi connectivity index (χ1) is 50.5. The Morgan fingerprint density at radius 2 is 0.925 bits per heavy atom. The average molecular weight is 1710 g/mol. The third-order valence-electron chi connectivity index (χ3n) is 16.4. The number of nitrogens with one attached hydrogen (secondary N) is 3. The largest absolute Gasteiger partial charge is 0.496 e. The van der Waals surface area contributed by atoms with E-state index in [2.05, 4.69) is 188 Å². The van der Waals surface area contributed by atoms with Crippen LogP contribution in [-0.4, -0.2) is 219 Å². The van der Waals surface area contributed by atoms with Crippen LogP contribution in [0.5, 0.6) is 0 Å². The number of aromatic amines is 3. The van der Waals surface area contributed by atoms with Crippen molar-refractivity contribution in [3.8, 4) is 22.5 Å². The highest BCUT2D eigenvalue weighted by Gasteiger charge is 2.52. The summed E-state index contributed by atoms with van der Waals surface area (Å²) >= 11 is 15.8. The van der Waals surface area contributed by atoms with Gasteiger partial charge in [-0.25, -0.2) is 74.2 Å². The van der Waals surface area contributed by atoms with Crippen LogP contribution in [0.25, 0.3) is 77.7 Å². The molecule has 41 heteroatoms. The molecule has 0 aliphatic carbocycles. The number of halogens is 4. The lowest BCUT2D eigenvalue weighted by Crippen LogP contribution is -2.41. The van der Waals surface area contributed by atoms with Crippen LogP contribution in [0, 0.1) is 0 Å². The number of pyridine rings is 3. The number of fused-ring (bicyclic) bond motifs is 5. The minimum Gasteiger partial charge on any atom is -0.399 e. The van der Waals surface area contributed by atoms with Gasteiger partial charge in [-0.1, -0.05) is 56.9 Å². The molecule has 0 atom stereocenters.